The number of allylic oxidation sites excluding steroid dienone is 3. The summed E-state index contributed by atoms with van der Waals surface area (Å²) in [7, 11) is 1.37. The number of halogens is 2. The van der Waals surface area contributed by atoms with Gasteiger partial charge in [0.15, 0.2) is 9.75 Å². The van der Waals surface area contributed by atoms with Crippen molar-refractivity contribution >= 4 is 35.0 Å². The number of likely N-dealkylation sites (tertiary alicyclic amines) is 1. The van der Waals surface area contributed by atoms with Crippen LogP contribution in [0.2, 0.25) is 0 Å². The number of alkyl halides is 2. The van der Waals surface area contributed by atoms with Gasteiger partial charge in [0, 0.05) is 18.5 Å². The molecule has 0 bridgehead atoms. The minimum atomic E-state index is -1.71. The average Bonchev–Trinajstić information content (AvgIpc) is 2.67. The maximum absolute atomic E-state index is 12.8. The van der Waals surface area contributed by atoms with Gasteiger partial charge in [0.1, 0.15) is 5.75 Å². The molecule has 120 valence electrons. The van der Waals surface area contributed by atoms with Gasteiger partial charge in [-0.15, -0.1) is 23.2 Å². The Labute approximate surface area is 144 Å². The minimum Gasteiger partial charge on any atom is -0.508 e. The zero-order valence-electron chi connectivity index (χ0n) is 12.4. The van der Waals surface area contributed by atoms with Crippen LogP contribution in [-0.2, 0) is 9.59 Å². The lowest BCUT2D eigenvalue weighted by molar-refractivity contribution is -0.137. The Morgan fingerprint density at radius 2 is 1.96 bits per heavy atom. The van der Waals surface area contributed by atoms with Crippen molar-refractivity contribution in [2.45, 2.75) is 22.1 Å². The van der Waals surface area contributed by atoms with Crippen LogP contribution in [0, 0.1) is 0 Å². The summed E-state index contributed by atoms with van der Waals surface area (Å²) in [6.07, 6.45) is 3.45. The van der Waals surface area contributed by atoms with Gasteiger partial charge in [-0.2, -0.15) is 0 Å². The van der Waals surface area contributed by atoms with Crippen molar-refractivity contribution in [3.63, 3.8) is 0 Å². The molecular weight excluding hydrogens is 337 g/mol. The predicted octanol–water partition coefficient (Wildman–Crippen LogP) is 2.95. The van der Waals surface area contributed by atoms with Crippen molar-refractivity contribution in [2.24, 2.45) is 0 Å². The first kappa shape index (κ1) is 16.1. The second kappa shape index (κ2) is 5.11. The standard InChI is InChI=1S/C17H15Cl2NO3/c1-3-10-8-9-16(18)14(22)20(2)15(23)17(16,19)13(10)11-6-4-5-7-12(11)21/h3-8,13,21H,1,9H2,2H3/t13-,16-,17+/m1/s1. The fraction of sp³-hybridized carbons (Fsp3) is 0.294. The lowest BCUT2D eigenvalue weighted by Gasteiger charge is -2.42. The molecule has 1 aliphatic carbocycles. The van der Waals surface area contributed by atoms with Gasteiger partial charge in [0.2, 0.25) is 0 Å². The molecule has 0 spiro atoms. The summed E-state index contributed by atoms with van der Waals surface area (Å²) in [6, 6.07) is 6.57. The van der Waals surface area contributed by atoms with Gasteiger partial charge >= 0.3 is 0 Å². The van der Waals surface area contributed by atoms with E-state index in [9.17, 15) is 14.7 Å². The Bertz CT molecular complexity index is 760. The van der Waals surface area contributed by atoms with Crippen LogP contribution in [0.4, 0.5) is 0 Å². The first-order valence-electron chi connectivity index (χ1n) is 7.10. The number of hydrogen-bond acceptors (Lipinski definition) is 3. The number of rotatable bonds is 2. The first-order valence-corrected chi connectivity index (χ1v) is 7.85. The van der Waals surface area contributed by atoms with Gasteiger partial charge < -0.3 is 5.11 Å². The van der Waals surface area contributed by atoms with Crippen molar-refractivity contribution in [3.8, 4) is 5.75 Å². The lowest BCUT2D eigenvalue weighted by Crippen LogP contribution is -2.54. The van der Waals surface area contributed by atoms with Crippen molar-refractivity contribution in [1.82, 2.24) is 4.90 Å². The zero-order chi connectivity index (χ0) is 17.0. The Hall–Kier alpha value is -1.78. The Balaban J connectivity index is 2.31. The summed E-state index contributed by atoms with van der Waals surface area (Å²) in [5.74, 6) is -1.88. The van der Waals surface area contributed by atoms with Crippen molar-refractivity contribution in [3.05, 3.63) is 54.1 Å². The summed E-state index contributed by atoms with van der Waals surface area (Å²) < 4.78 is 0. The molecule has 0 saturated carbocycles. The number of phenolic OH excluding ortho intramolecular Hbond substituents is 1. The number of benzene rings is 1. The van der Waals surface area contributed by atoms with E-state index in [4.69, 9.17) is 23.2 Å². The smallest absolute Gasteiger partial charge is 0.253 e. The molecule has 1 N–H and O–H groups in total. The van der Waals surface area contributed by atoms with Gasteiger partial charge in [-0.1, -0.05) is 36.9 Å². The van der Waals surface area contributed by atoms with E-state index in [0.717, 1.165) is 4.90 Å². The van der Waals surface area contributed by atoms with Crippen LogP contribution >= 0.6 is 23.2 Å². The third kappa shape index (κ3) is 1.85. The summed E-state index contributed by atoms with van der Waals surface area (Å²) in [5, 5.41) is 10.2. The Morgan fingerprint density at radius 1 is 1.30 bits per heavy atom. The number of carbonyl (C=O) groups is 2. The molecule has 0 aromatic heterocycles. The minimum absolute atomic E-state index is 0.0130. The molecule has 4 nitrogen and oxygen atoms in total. The number of nitrogens with zero attached hydrogens (tertiary/aromatic N) is 1. The van der Waals surface area contributed by atoms with E-state index >= 15 is 0 Å². The van der Waals surface area contributed by atoms with E-state index in [1.165, 1.54) is 13.1 Å². The number of amides is 2. The summed E-state index contributed by atoms with van der Waals surface area (Å²) in [5.41, 5.74) is 1.10. The van der Waals surface area contributed by atoms with Gasteiger partial charge in [-0.05, 0) is 18.1 Å². The molecule has 1 saturated heterocycles. The van der Waals surface area contributed by atoms with Crippen LogP contribution < -0.4 is 0 Å². The molecule has 1 fully saturated rings. The van der Waals surface area contributed by atoms with Crippen LogP contribution in [0.15, 0.2) is 48.6 Å². The van der Waals surface area contributed by atoms with Gasteiger partial charge in [-0.3, -0.25) is 14.5 Å². The van der Waals surface area contributed by atoms with Crippen molar-refractivity contribution in [1.29, 1.82) is 0 Å². The topological polar surface area (TPSA) is 57.6 Å². The molecule has 2 aliphatic rings. The van der Waals surface area contributed by atoms with Crippen LogP contribution in [-0.4, -0.2) is 38.6 Å². The summed E-state index contributed by atoms with van der Waals surface area (Å²) in [6.45, 7) is 3.76. The number of imide groups is 1. The molecule has 3 rings (SSSR count). The Morgan fingerprint density at radius 3 is 2.57 bits per heavy atom. The fourth-order valence-electron chi connectivity index (χ4n) is 3.45. The highest BCUT2D eigenvalue weighted by Crippen LogP contribution is 2.59. The predicted molar refractivity (Wildman–Crippen MR) is 88.7 cm³/mol. The third-order valence-electron chi connectivity index (χ3n) is 4.67. The second-order valence-electron chi connectivity index (χ2n) is 5.79. The number of fused-ring (bicyclic) bond motifs is 1. The van der Waals surface area contributed by atoms with Crippen molar-refractivity contribution in [2.75, 3.05) is 7.05 Å². The first-order chi connectivity index (χ1) is 10.8. The van der Waals surface area contributed by atoms with Crippen LogP contribution in [0.5, 0.6) is 5.75 Å². The van der Waals surface area contributed by atoms with E-state index in [1.807, 2.05) is 0 Å². The average molecular weight is 352 g/mol. The molecule has 6 heteroatoms. The molecule has 23 heavy (non-hydrogen) atoms. The van der Waals surface area contributed by atoms with Gasteiger partial charge in [0.25, 0.3) is 11.8 Å². The van der Waals surface area contributed by atoms with E-state index in [-0.39, 0.29) is 12.2 Å². The lowest BCUT2D eigenvalue weighted by atomic mass is 9.68. The van der Waals surface area contributed by atoms with Crippen LogP contribution in [0.1, 0.15) is 17.9 Å². The largest absolute Gasteiger partial charge is 0.508 e. The fourth-order valence-corrected chi connectivity index (χ4v) is 4.37. The van der Waals surface area contributed by atoms with E-state index in [0.29, 0.717) is 11.1 Å². The SMILES string of the molecule is C=CC1=CC[C@@]2(Cl)C(=O)N(C)C(=O)[C@@]2(Cl)[C@H]1c1ccccc1O. The molecule has 1 aromatic rings. The summed E-state index contributed by atoms with van der Waals surface area (Å²) >= 11 is 13.3. The van der Waals surface area contributed by atoms with Gasteiger partial charge in [0.05, 0.1) is 0 Å². The highest BCUT2D eigenvalue weighted by molar-refractivity contribution is 6.53. The van der Waals surface area contributed by atoms with Crippen LogP contribution in [0.25, 0.3) is 0 Å². The second-order valence-corrected chi connectivity index (χ2v) is 7.03. The normalized spacial score (nSPS) is 33.4. The molecule has 3 atom stereocenters. The molecule has 1 aromatic carbocycles. The maximum atomic E-state index is 12.8. The number of carbonyl (C=O) groups excluding carboxylic acids is 2. The van der Waals surface area contributed by atoms with Gasteiger partial charge in [-0.25, -0.2) is 0 Å². The Kier molecular flexibility index (Phi) is 3.58. The molecule has 2 amide bonds. The maximum Gasteiger partial charge on any atom is 0.253 e. The number of phenols is 1. The zero-order valence-corrected chi connectivity index (χ0v) is 13.9. The quantitative estimate of drug-likeness (QED) is 0.658. The molecule has 0 unspecified atom stereocenters. The number of aromatic hydroxyl groups is 1. The highest BCUT2D eigenvalue weighted by atomic mass is 35.5. The third-order valence-corrected chi connectivity index (χ3v) is 6.08. The van der Waals surface area contributed by atoms with E-state index in [2.05, 4.69) is 6.58 Å². The summed E-state index contributed by atoms with van der Waals surface area (Å²) in [4.78, 5) is 23.0. The van der Waals surface area contributed by atoms with E-state index in [1.54, 1.807) is 30.4 Å². The number of hydrogen-bond donors (Lipinski definition) is 1. The highest BCUT2D eigenvalue weighted by Gasteiger charge is 2.72. The van der Waals surface area contributed by atoms with Crippen molar-refractivity contribution < 1.29 is 14.7 Å². The van der Waals surface area contributed by atoms with E-state index < -0.39 is 27.5 Å². The number of para-hydroxylation sites is 1. The molecular formula is C17H15Cl2NO3. The molecule has 1 heterocycles. The molecule has 1 aliphatic heterocycles. The monoisotopic (exact) mass is 351 g/mol. The molecule has 0 radical (unpaired) electrons. The van der Waals surface area contributed by atoms with Crippen LogP contribution in [0.3, 0.4) is 0 Å².